The van der Waals surface area contributed by atoms with Crippen molar-refractivity contribution in [2.75, 3.05) is 0 Å². The summed E-state index contributed by atoms with van der Waals surface area (Å²) in [5.41, 5.74) is 2.99. The van der Waals surface area contributed by atoms with E-state index in [9.17, 15) is 0 Å². The topological polar surface area (TPSA) is 23.8 Å². The van der Waals surface area contributed by atoms with E-state index in [0.29, 0.717) is 0 Å². The average Bonchev–Trinajstić information content (AvgIpc) is 2.65. The van der Waals surface area contributed by atoms with Gasteiger partial charge in [0.15, 0.2) is 0 Å². The van der Waals surface area contributed by atoms with Gasteiger partial charge in [-0.2, -0.15) is 5.26 Å². The first-order valence-electron chi connectivity index (χ1n) is 10.4. The van der Waals surface area contributed by atoms with Crippen molar-refractivity contribution in [2.45, 2.75) is 84.0 Å². The molecule has 0 bridgehead atoms. The van der Waals surface area contributed by atoms with Gasteiger partial charge >= 0.3 is 0 Å². The van der Waals surface area contributed by atoms with Gasteiger partial charge < -0.3 is 0 Å². The van der Waals surface area contributed by atoms with Gasteiger partial charge in [0.25, 0.3) is 0 Å². The molecule has 136 valence electrons. The van der Waals surface area contributed by atoms with Gasteiger partial charge in [0.2, 0.25) is 0 Å². The third-order valence-electron chi connectivity index (χ3n) is 5.79. The van der Waals surface area contributed by atoms with Gasteiger partial charge in [-0.25, -0.2) is 0 Å². The Balaban J connectivity index is 1.54. The van der Waals surface area contributed by atoms with Crippen LogP contribution in [-0.2, 0) is 12.8 Å². The molecule has 0 radical (unpaired) electrons. The van der Waals surface area contributed by atoms with Crippen molar-refractivity contribution >= 4 is 0 Å². The molecule has 0 unspecified atom stereocenters. The zero-order valence-corrected chi connectivity index (χ0v) is 16.1. The van der Waals surface area contributed by atoms with Crippen LogP contribution in [0.25, 0.3) is 0 Å². The predicted octanol–water partition coefficient (Wildman–Crippen LogP) is 7.02. The SMILES string of the molecule is CCCc1ccc(CCCC[C@H]2CC[C@H](CCC=CC#N)CC2)cc1. The summed E-state index contributed by atoms with van der Waals surface area (Å²) in [7, 11) is 0. The van der Waals surface area contributed by atoms with Gasteiger partial charge in [-0.1, -0.05) is 82.2 Å². The monoisotopic (exact) mass is 337 g/mol. The quantitative estimate of drug-likeness (QED) is 0.332. The van der Waals surface area contributed by atoms with Gasteiger partial charge in [0.1, 0.15) is 0 Å². The third kappa shape index (κ3) is 7.91. The van der Waals surface area contributed by atoms with E-state index >= 15 is 0 Å². The zero-order chi connectivity index (χ0) is 17.7. The molecule has 1 aliphatic rings. The van der Waals surface area contributed by atoms with Gasteiger partial charge in [0.05, 0.1) is 6.07 Å². The first-order chi connectivity index (χ1) is 12.3. The average molecular weight is 338 g/mol. The van der Waals surface area contributed by atoms with Crippen LogP contribution in [-0.4, -0.2) is 0 Å². The smallest absolute Gasteiger partial charge is 0.0908 e. The highest BCUT2D eigenvalue weighted by Crippen LogP contribution is 2.34. The highest BCUT2D eigenvalue weighted by Gasteiger charge is 2.20. The zero-order valence-electron chi connectivity index (χ0n) is 16.1. The van der Waals surface area contributed by atoms with Crippen molar-refractivity contribution in [2.24, 2.45) is 11.8 Å². The molecule has 1 nitrogen and oxygen atoms in total. The Morgan fingerprint density at radius 3 is 2.12 bits per heavy atom. The molecule has 0 spiro atoms. The van der Waals surface area contributed by atoms with Crippen molar-refractivity contribution < 1.29 is 0 Å². The van der Waals surface area contributed by atoms with E-state index in [1.54, 1.807) is 6.08 Å². The van der Waals surface area contributed by atoms with Crippen molar-refractivity contribution in [3.8, 4) is 6.07 Å². The number of unbranched alkanes of at least 4 members (excludes halogenated alkanes) is 1. The number of rotatable bonds is 10. The normalized spacial score (nSPS) is 20.6. The fourth-order valence-corrected chi connectivity index (χ4v) is 4.20. The lowest BCUT2D eigenvalue weighted by Crippen LogP contribution is -2.14. The van der Waals surface area contributed by atoms with Crippen molar-refractivity contribution in [3.05, 3.63) is 47.5 Å². The maximum absolute atomic E-state index is 8.51. The molecule has 1 fully saturated rings. The molecule has 1 aromatic rings. The summed E-state index contributed by atoms with van der Waals surface area (Å²) in [5, 5.41) is 8.51. The minimum atomic E-state index is 0.904. The lowest BCUT2D eigenvalue weighted by atomic mass is 9.78. The van der Waals surface area contributed by atoms with Crippen LogP contribution >= 0.6 is 0 Å². The molecule has 25 heavy (non-hydrogen) atoms. The molecule has 0 aliphatic heterocycles. The van der Waals surface area contributed by atoms with Crippen LogP contribution in [0.15, 0.2) is 36.4 Å². The molecule has 0 aromatic heterocycles. The Kier molecular flexibility index (Phi) is 9.42. The van der Waals surface area contributed by atoms with Crippen LogP contribution in [0.3, 0.4) is 0 Å². The van der Waals surface area contributed by atoms with Crippen LogP contribution in [0.2, 0.25) is 0 Å². The molecule has 1 aromatic carbocycles. The van der Waals surface area contributed by atoms with Gasteiger partial charge in [-0.3, -0.25) is 0 Å². The molecule has 0 amide bonds. The number of aryl methyl sites for hydroxylation is 2. The van der Waals surface area contributed by atoms with E-state index < -0.39 is 0 Å². The number of allylic oxidation sites excluding steroid dienone is 2. The summed E-state index contributed by atoms with van der Waals surface area (Å²) >= 11 is 0. The molecule has 0 N–H and O–H groups in total. The van der Waals surface area contributed by atoms with E-state index in [1.807, 2.05) is 6.08 Å². The minimum absolute atomic E-state index is 0.904. The summed E-state index contributed by atoms with van der Waals surface area (Å²) in [4.78, 5) is 0. The summed E-state index contributed by atoms with van der Waals surface area (Å²) in [5.74, 6) is 1.87. The van der Waals surface area contributed by atoms with Crippen LogP contribution < -0.4 is 0 Å². The van der Waals surface area contributed by atoms with Crippen molar-refractivity contribution in [3.63, 3.8) is 0 Å². The Labute approximate surface area is 155 Å². The lowest BCUT2D eigenvalue weighted by Gasteiger charge is -2.28. The Morgan fingerprint density at radius 2 is 1.52 bits per heavy atom. The van der Waals surface area contributed by atoms with Crippen molar-refractivity contribution in [1.29, 1.82) is 5.26 Å². The number of benzene rings is 1. The standard InChI is InChI=1S/C24H35N/c1-2-8-21-12-14-23(15-13-21)10-5-6-11-24-18-16-22(17-19-24)9-4-3-7-20-25/h3,7,12-15,22,24H,2,4-6,8-11,16-19H2,1H3/t22-,24-. The maximum atomic E-state index is 8.51. The number of hydrogen-bond acceptors (Lipinski definition) is 1. The second-order valence-corrected chi connectivity index (χ2v) is 7.81. The van der Waals surface area contributed by atoms with E-state index in [1.165, 1.54) is 81.8 Å². The first kappa shape index (κ1) is 19.8. The van der Waals surface area contributed by atoms with Gasteiger partial charge in [0, 0.05) is 6.08 Å². The molecule has 1 heteroatoms. The molecular formula is C24H35N. The second kappa shape index (κ2) is 11.9. The fraction of sp³-hybridized carbons (Fsp3) is 0.625. The van der Waals surface area contributed by atoms with E-state index in [4.69, 9.17) is 5.26 Å². The minimum Gasteiger partial charge on any atom is -0.193 e. The molecule has 1 saturated carbocycles. The highest BCUT2D eigenvalue weighted by atomic mass is 14.3. The largest absolute Gasteiger partial charge is 0.193 e. The maximum Gasteiger partial charge on any atom is 0.0908 e. The van der Waals surface area contributed by atoms with E-state index in [-0.39, 0.29) is 0 Å². The molecule has 0 saturated heterocycles. The molecular weight excluding hydrogens is 302 g/mol. The summed E-state index contributed by atoms with van der Waals surface area (Å²) < 4.78 is 0. The first-order valence-corrected chi connectivity index (χ1v) is 10.4. The lowest BCUT2D eigenvalue weighted by molar-refractivity contribution is 0.250. The fourth-order valence-electron chi connectivity index (χ4n) is 4.20. The number of nitriles is 1. The summed E-state index contributed by atoms with van der Waals surface area (Å²) in [6.45, 7) is 2.24. The van der Waals surface area contributed by atoms with Crippen LogP contribution in [0.4, 0.5) is 0 Å². The summed E-state index contributed by atoms with van der Waals surface area (Å²) in [6.07, 6.45) is 19.5. The van der Waals surface area contributed by atoms with Gasteiger partial charge in [-0.15, -0.1) is 0 Å². The van der Waals surface area contributed by atoms with Gasteiger partial charge in [-0.05, 0) is 55.1 Å². The van der Waals surface area contributed by atoms with Crippen LogP contribution in [0.5, 0.6) is 0 Å². The molecule has 2 rings (SSSR count). The van der Waals surface area contributed by atoms with Crippen LogP contribution in [0.1, 0.15) is 82.3 Å². The van der Waals surface area contributed by atoms with Crippen molar-refractivity contribution in [1.82, 2.24) is 0 Å². The molecule has 0 atom stereocenters. The third-order valence-corrected chi connectivity index (χ3v) is 5.79. The highest BCUT2D eigenvalue weighted by molar-refractivity contribution is 5.22. The Morgan fingerprint density at radius 1 is 0.920 bits per heavy atom. The molecule has 0 heterocycles. The van der Waals surface area contributed by atoms with E-state index in [2.05, 4.69) is 37.3 Å². The predicted molar refractivity (Wildman–Crippen MR) is 107 cm³/mol. The number of nitrogens with zero attached hydrogens (tertiary/aromatic N) is 1. The number of hydrogen-bond donors (Lipinski definition) is 0. The molecule has 1 aliphatic carbocycles. The Hall–Kier alpha value is -1.55. The second-order valence-electron chi connectivity index (χ2n) is 7.81. The van der Waals surface area contributed by atoms with E-state index in [0.717, 1.165) is 18.3 Å². The van der Waals surface area contributed by atoms with Crippen LogP contribution in [0, 0.1) is 23.2 Å². The Bertz CT molecular complexity index is 526. The summed E-state index contributed by atoms with van der Waals surface area (Å²) in [6, 6.07) is 11.4.